The quantitative estimate of drug-likeness (QED) is 0.716. The van der Waals surface area contributed by atoms with Crippen LogP contribution in [-0.2, 0) is 4.79 Å². The summed E-state index contributed by atoms with van der Waals surface area (Å²) in [6.45, 7) is 0.318. The summed E-state index contributed by atoms with van der Waals surface area (Å²) in [6, 6.07) is 5.39. The minimum absolute atomic E-state index is 0.0190. The van der Waals surface area contributed by atoms with Crippen molar-refractivity contribution < 1.29 is 9.59 Å². The van der Waals surface area contributed by atoms with Gasteiger partial charge < -0.3 is 16.4 Å². The van der Waals surface area contributed by atoms with Crippen LogP contribution in [0.4, 0.5) is 5.69 Å². The maximum absolute atomic E-state index is 11.9. The van der Waals surface area contributed by atoms with E-state index in [1.807, 2.05) is 0 Å². The Hall–Kier alpha value is -1.56. The van der Waals surface area contributed by atoms with E-state index in [1.54, 1.807) is 18.2 Å². The molecule has 102 valence electrons. The summed E-state index contributed by atoms with van der Waals surface area (Å²) in [4.78, 5) is 23.3. The van der Waals surface area contributed by atoms with Gasteiger partial charge in [-0.15, -0.1) is 0 Å². The Morgan fingerprint density at radius 3 is 2.79 bits per heavy atom. The number of anilines is 1. The summed E-state index contributed by atoms with van der Waals surface area (Å²) in [6.07, 6.45) is 2.42. The number of nitrogen functional groups attached to an aromatic ring is 1. The monoisotopic (exact) mass is 325 g/mol. The number of rotatable bonds is 5. The number of carbonyl (C=O) groups excluding carboxylic acids is 2. The molecule has 5 nitrogen and oxygen atoms in total. The fraction of sp³-hybridized carbons (Fsp3) is 0.385. The number of amides is 2. The summed E-state index contributed by atoms with van der Waals surface area (Å²) < 4.78 is 0.682. The molecule has 6 heteroatoms. The van der Waals surface area contributed by atoms with Gasteiger partial charge in [-0.3, -0.25) is 9.59 Å². The van der Waals surface area contributed by atoms with Gasteiger partial charge in [0.25, 0.3) is 5.91 Å². The molecule has 0 saturated heterocycles. The van der Waals surface area contributed by atoms with Crippen LogP contribution >= 0.6 is 15.9 Å². The van der Waals surface area contributed by atoms with Crippen molar-refractivity contribution in [1.29, 1.82) is 0 Å². The van der Waals surface area contributed by atoms with Crippen LogP contribution in [0.3, 0.4) is 0 Å². The Balaban J connectivity index is 1.80. The van der Waals surface area contributed by atoms with Crippen LogP contribution < -0.4 is 16.4 Å². The molecule has 0 aliphatic heterocycles. The molecule has 0 heterocycles. The molecule has 1 aliphatic rings. The molecule has 1 aromatic rings. The van der Waals surface area contributed by atoms with Gasteiger partial charge in [0, 0.05) is 29.2 Å². The van der Waals surface area contributed by atoms with Gasteiger partial charge in [-0.05, 0) is 47.0 Å². The van der Waals surface area contributed by atoms with Crippen LogP contribution in [0.5, 0.6) is 0 Å². The zero-order chi connectivity index (χ0) is 13.8. The molecule has 0 unspecified atom stereocenters. The van der Waals surface area contributed by atoms with Crippen molar-refractivity contribution in [1.82, 2.24) is 10.6 Å². The molecule has 1 aliphatic carbocycles. The lowest BCUT2D eigenvalue weighted by Gasteiger charge is -2.08. The molecule has 19 heavy (non-hydrogen) atoms. The van der Waals surface area contributed by atoms with E-state index in [9.17, 15) is 9.59 Å². The highest BCUT2D eigenvalue weighted by atomic mass is 79.9. The number of nitrogens with one attached hydrogen (secondary N) is 2. The number of hydrogen-bond donors (Lipinski definition) is 3. The van der Waals surface area contributed by atoms with Gasteiger partial charge in [-0.25, -0.2) is 0 Å². The van der Waals surface area contributed by atoms with Crippen LogP contribution in [0, 0.1) is 0 Å². The average molecular weight is 326 g/mol. The molecule has 1 saturated carbocycles. The fourth-order valence-corrected chi connectivity index (χ4v) is 2.06. The van der Waals surface area contributed by atoms with E-state index in [4.69, 9.17) is 5.73 Å². The van der Waals surface area contributed by atoms with Crippen LogP contribution in [0.1, 0.15) is 29.6 Å². The zero-order valence-electron chi connectivity index (χ0n) is 10.4. The minimum Gasteiger partial charge on any atom is -0.399 e. The summed E-state index contributed by atoms with van der Waals surface area (Å²) >= 11 is 3.30. The first-order valence-corrected chi connectivity index (χ1v) is 6.98. The number of hydrogen-bond acceptors (Lipinski definition) is 3. The number of halogens is 1. The molecule has 1 fully saturated rings. The van der Waals surface area contributed by atoms with E-state index in [0.717, 1.165) is 12.8 Å². The van der Waals surface area contributed by atoms with E-state index < -0.39 is 0 Å². The van der Waals surface area contributed by atoms with Gasteiger partial charge in [0.2, 0.25) is 5.91 Å². The second kappa shape index (κ2) is 6.06. The number of carbonyl (C=O) groups is 2. The second-order valence-electron chi connectivity index (χ2n) is 4.59. The summed E-state index contributed by atoms with van der Waals surface area (Å²) in [5.74, 6) is -0.257. The average Bonchev–Trinajstić information content (AvgIpc) is 3.16. The van der Waals surface area contributed by atoms with E-state index in [1.165, 1.54) is 0 Å². The predicted molar refractivity (Wildman–Crippen MR) is 76.7 cm³/mol. The lowest BCUT2D eigenvalue weighted by Crippen LogP contribution is -2.31. The van der Waals surface area contributed by atoms with Crippen LogP contribution in [0.2, 0.25) is 0 Å². The normalized spacial score (nSPS) is 13.9. The molecule has 0 spiro atoms. The molecule has 2 amide bonds. The van der Waals surface area contributed by atoms with Crippen molar-refractivity contribution in [3.05, 3.63) is 28.2 Å². The smallest absolute Gasteiger partial charge is 0.252 e. The Morgan fingerprint density at radius 1 is 1.37 bits per heavy atom. The second-order valence-corrected chi connectivity index (χ2v) is 5.44. The van der Waals surface area contributed by atoms with Crippen molar-refractivity contribution in [3.8, 4) is 0 Å². The van der Waals surface area contributed by atoms with Gasteiger partial charge in [0.05, 0.1) is 5.56 Å². The predicted octanol–water partition coefficient (Wildman–Crippen LogP) is 1.43. The highest BCUT2D eigenvalue weighted by Crippen LogP contribution is 2.19. The number of nitrogens with two attached hydrogens (primary N) is 1. The topological polar surface area (TPSA) is 84.2 Å². The van der Waals surface area contributed by atoms with Crippen molar-refractivity contribution in [2.45, 2.75) is 25.3 Å². The van der Waals surface area contributed by atoms with E-state index >= 15 is 0 Å². The molecular formula is C13H16BrN3O2. The van der Waals surface area contributed by atoms with Crippen molar-refractivity contribution in [2.24, 2.45) is 0 Å². The molecular weight excluding hydrogens is 310 g/mol. The molecule has 4 N–H and O–H groups in total. The van der Waals surface area contributed by atoms with E-state index in [2.05, 4.69) is 26.6 Å². The Bertz CT molecular complexity index is 501. The Kier molecular flexibility index (Phi) is 4.42. The zero-order valence-corrected chi connectivity index (χ0v) is 12.0. The molecule has 0 aromatic heterocycles. The molecule has 0 atom stereocenters. The Labute approximate surface area is 120 Å². The highest BCUT2D eigenvalue weighted by molar-refractivity contribution is 9.10. The SMILES string of the molecule is Nc1ccc(Br)c(C(=O)NCCC(=O)NC2CC2)c1. The van der Waals surface area contributed by atoms with Gasteiger partial charge in [-0.1, -0.05) is 0 Å². The fourth-order valence-electron chi connectivity index (χ4n) is 1.63. The number of benzene rings is 1. The first-order chi connectivity index (χ1) is 9.06. The third-order valence-corrected chi connectivity index (χ3v) is 3.51. The summed E-state index contributed by atoms with van der Waals surface area (Å²) in [7, 11) is 0. The van der Waals surface area contributed by atoms with Gasteiger partial charge in [-0.2, -0.15) is 0 Å². The molecule has 2 rings (SSSR count). The first kappa shape index (κ1) is 13.9. The third kappa shape index (κ3) is 4.24. The van der Waals surface area contributed by atoms with E-state index in [-0.39, 0.29) is 11.8 Å². The molecule has 0 radical (unpaired) electrons. The molecule has 0 bridgehead atoms. The maximum Gasteiger partial charge on any atom is 0.252 e. The molecule has 1 aromatic carbocycles. The summed E-state index contributed by atoms with van der Waals surface area (Å²) in [5.41, 5.74) is 6.64. The Morgan fingerprint density at radius 2 is 2.11 bits per heavy atom. The van der Waals surface area contributed by atoms with Gasteiger partial charge >= 0.3 is 0 Å². The minimum atomic E-state index is -0.238. The van der Waals surface area contributed by atoms with Crippen molar-refractivity contribution >= 4 is 33.4 Å². The standard InChI is InChI=1S/C13H16BrN3O2/c14-11-4-1-8(15)7-10(11)13(19)16-6-5-12(18)17-9-2-3-9/h1,4,7,9H,2-3,5-6,15H2,(H,16,19)(H,17,18). The lowest BCUT2D eigenvalue weighted by atomic mass is 10.2. The van der Waals surface area contributed by atoms with Gasteiger partial charge in [0.15, 0.2) is 0 Å². The third-order valence-electron chi connectivity index (χ3n) is 2.82. The van der Waals surface area contributed by atoms with Crippen molar-refractivity contribution in [3.63, 3.8) is 0 Å². The van der Waals surface area contributed by atoms with Crippen LogP contribution in [0.25, 0.3) is 0 Å². The van der Waals surface area contributed by atoms with Gasteiger partial charge in [0.1, 0.15) is 0 Å². The largest absolute Gasteiger partial charge is 0.399 e. The van der Waals surface area contributed by atoms with E-state index in [0.29, 0.717) is 34.7 Å². The van der Waals surface area contributed by atoms with Crippen LogP contribution in [0.15, 0.2) is 22.7 Å². The van der Waals surface area contributed by atoms with Crippen molar-refractivity contribution in [2.75, 3.05) is 12.3 Å². The maximum atomic E-state index is 11.9. The highest BCUT2D eigenvalue weighted by Gasteiger charge is 2.22. The summed E-state index contributed by atoms with van der Waals surface area (Å²) in [5, 5.41) is 5.57. The lowest BCUT2D eigenvalue weighted by molar-refractivity contribution is -0.121. The first-order valence-electron chi connectivity index (χ1n) is 6.19. The van der Waals surface area contributed by atoms with Crippen LogP contribution in [-0.4, -0.2) is 24.4 Å².